The monoisotopic (exact) mass is 669 g/mol. The Labute approximate surface area is 289 Å². The number of morpholine rings is 1. The standard InChI is InChI=1S/C40H63NO7/c1-25-18-28(23-46-35(42)26-9-15-43-16-10-26)47-29-19-38(5)31-7-6-30-36(2,3)32(48-33-20-41(14-17-45-33)27-21-44-22-27)8-11-39(30)24-40(31,39)13-12-37(38,4)34(25)29/h25-34H,6-24H2,1-5H3/t25-,28?,29?,30?,31?,32?,33?,34?,37?,38+,39?,40?/m1/s1. The average molecular weight is 670 g/mol. The van der Waals surface area contributed by atoms with E-state index < -0.39 is 0 Å². The minimum absolute atomic E-state index is 0.0121. The van der Waals surface area contributed by atoms with Gasteiger partial charge in [0.15, 0.2) is 6.29 Å². The summed E-state index contributed by atoms with van der Waals surface area (Å²) < 4.78 is 37.0. The van der Waals surface area contributed by atoms with Gasteiger partial charge in [0.2, 0.25) is 0 Å². The van der Waals surface area contributed by atoms with E-state index in [2.05, 4.69) is 39.5 Å². The van der Waals surface area contributed by atoms with E-state index in [-0.39, 0.29) is 41.9 Å². The molecular weight excluding hydrogens is 606 g/mol. The highest BCUT2D eigenvalue weighted by atomic mass is 16.7. The SMILES string of the molecule is C[C@@H]1CC(COC(=O)C2CCOCC2)OC2C[C@@]3(C)C4CCC5C(C)(C)C(OC6CN(C7COC7)CCO6)CCC56CC46CCC3(C)C21. The number of carbonyl (C=O) groups excluding carboxylic acids is 1. The maximum atomic E-state index is 12.8. The Morgan fingerprint density at radius 3 is 2.42 bits per heavy atom. The lowest BCUT2D eigenvalue weighted by atomic mass is 9.41. The number of esters is 1. The molecule has 8 nitrogen and oxygen atoms in total. The molecule has 2 spiro atoms. The summed E-state index contributed by atoms with van der Waals surface area (Å²) >= 11 is 0. The van der Waals surface area contributed by atoms with Crippen LogP contribution in [-0.2, 0) is 33.2 Å². The van der Waals surface area contributed by atoms with Gasteiger partial charge in [0, 0.05) is 19.8 Å². The highest BCUT2D eigenvalue weighted by Gasteiger charge is 2.83. The van der Waals surface area contributed by atoms with Crippen molar-refractivity contribution in [1.29, 1.82) is 0 Å². The van der Waals surface area contributed by atoms with E-state index in [4.69, 9.17) is 28.4 Å². The fourth-order valence-corrected chi connectivity index (χ4v) is 14.6. The van der Waals surface area contributed by atoms with Crippen molar-refractivity contribution < 1.29 is 33.2 Å². The van der Waals surface area contributed by atoms with Gasteiger partial charge in [-0.15, -0.1) is 0 Å². The number of rotatable bonds is 6. The van der Waals surface area contributed by atoms with Crippen LogP contribution in [-0.4, -0.2) is 94.2 Å². The first-order valence-electron chi connectivity index (χ1n) is 20.0. The summed E-state index contributed by atoms with van der Waals surface area (Å²) in [5.74, 6) is 2.62. The van der Waals surface area contributed by atoms with E-state index in [0.717, 1.165) is 70.4 Å². The summed E-state index contributed by atoms with van der Waals surface area (Å²) in [6, 6.07) is 0.543. The third-order valence-electron chi connectivity index (χ3n) is 17.2. The number of fused-ring (bicyclic) bond motifs is 4. The number of nitrogens with zero attached hydrogens (tertiary/aromatic N) is 1. The lowest BCUT2D eigenvalue weighted by molar-refractivity contribution is -0.255. The first kappa shape index (κ1) is 33.1. The largest absolute Gasteiger partial charge is 0.463 e. The molecule has 5 aliphatic carbocycles. The molecule has 5 saturated carbocycles. The van der Waals surface area contributed by atoms with Gasteiger partial charge in [-0.2, -0.15) is 0 Å². The van der Waals surface area contributed by atoms with E-state index in [1.807, 2.05) is 0 Å². The van der Waals surface area contributed by atoms with Gasteiger partial charge < -0.3 is 28.4 Å². The van der Waals surface area contributed by atoms with E-state index in [0.29, 0.717) is 59.4 Å². The lowest BCUT2D eigenvalue weighted by Gasteiger charge is -2.63. The number of ether oxygens (including phenoxy) is 6. The molecule has 0 aromatic heterocycles. The molecule has 9 fully saturated rings. The molecule has 9 aliphatic rings. The van der Waals surface area contributed by atoms with E-state index in [1.54, 1.807) is 0 Å². The minimum atomic E-state index is -0.116. The Hall–Kier alpha value is -0.770. The molecule has 0 bridgehead atoms. The summed E-state index contributed by atoms with van der Waals surface area (Å²) in [5.41, 5.74) is 1.71. The van der Waals surface area contributed by atoms with Gasteiger partial charge in [0.05, 0.1) is 56.6 Å². The van der Waals surface area contributed by atoms with Crippen molar-refractivity contribution in [2.24, 2.45) is 56.7 Å². The van der Waals surface area contributed by atoms with Crippen LogP contribution in [0.2, 0.25) is 0 Å². The number of hydrogen-bond donors (Lipinski definition) is 0. The third kappa shape index (κ3) is 4.70. The third-order valence-corrected chi connectivity index (χ3v) is 17.2. The van der Waals surface area contributed by atoms with Crippen molar-refractivity contribution in [3.63, 3.8) is 0 Å². The van der Waals surface area contributed by atoms with Crippen LogP contribution in [0.3, 0.4) is 0 Å². The zero-order chi connectivity index (χ0) is 33.1. The van der Waals surface area contributed by atoms with Crippen LogP contribution in [0.15, 0.2) is 0 Å². The average Bonchev–Trinajstić information content (AvgIpc) is 3.64. The molecule has 4 aliphatic heterocycles. The lowest BCUT2D eigenvalue weighted by Crippen LogP contribution is -2.59. The van der Waals surface area contributed by atoms with Crippen LogP contribution in [0, 0.1) is 56.7 Å². The fraction of sp³-hybridized carbons (Fsp3) is 0.975. The maximum absolute atomic E-state index is 12.8. The van der Waals surface area contributed by atoms with Gasteiger partial charge in [-0.05, 0) is 121 Å². The van der Waals surface area contributed by atoms with Crippen LogP contribution in [0.1, 0.15) is 105 Å². The summed E-state index contributed by atoms with van der Waals surface area (Å²) in [4.78, 5) is 15.4. The smallest absolute Gasteiger partial charge is 0.309 e. The zero-order valence-electron chi connectivity index (χ0n) is 30.5. The highest BCUT2D eigenvalue weighted by Crippen LogP contribution is 2.89. The molecule has 0 amide bonds. The summed E-state index contributed by atoms with van der Waals surface area (Å²) in [6.07, 6.45) is 13.5. The van der Waals surface area contributed by atoms with Gasteiger partial charge in [-0.25, -0.2) is 0 Å². The summed E-state index contributed by atoms with van der Waals surface area (Å²) in [5, 5.41) is 0. The second kappa shape index (κ2) is 11.6. The maximum Gasteiger partial charge on any atom is 0.309 e. The van der Waals surface area contributed by atoms with Crippen LogP contribution < -0.4 is 0 Å². The Bertz CT molecular complexity index is 1250. The molecule has 0 aromatic rings. The predicted octanol–water partition coefficient (Wildman–Crippen LogP) is 6.24. The van der Waals surface area contributed by atoms with Crippen molar-refractivity contribution in [2.45, 2.75) is 136 Å². The quantitative estimate of drug-likeness (QED) is 0.308. The Morgan fingerprint density at radius 2 is 1.65 bits per heavy atom. The van der Waals surface area contributed by atoms with Gasteiger partial charge in [-0.3, -0.25) is 9.69 Å². The molecule has 270 valence electrons. The second-order valence-electron chi connectivity index (χ2n) is 19.2. The van der Waals surface area contributed by atoms with Crippen LogP contribution in [0.5, 0.6) is 0 Å². The molecule has 12 atom stereocenters. The fourth-order valence-electron chi connectivity index (χ4n) is 14.6. The number of hydrogen-bond acceptors (Lipinski definition) is 8. The first-order chi connectivity index (χ1) is 23.0. The number of carbonyl (C=O) groups is 1. The van der Waals surface area contributed by atoms with E-state index in [9.17, 15) is 4.79 Å². The molecule has 8 heteroatoms. The van der Waals surface area contributed by atoms with Crippen LogP contribution >= 0.6 is 0 Å². The molecule has 10 unspecified atom stereocenters. The molecule has 48 heavy (non-hydrogen) atoms. The minimum Gasteiger partial charge on any atom is -0.463 e. The van der Waals surface area contributed by atoms with Crippen molar-refractivity contribution in [3.8, 4) is 0 Å². The Morgan fingerprint density at radius 1 is 0.875 bits per heavy atom. The Kier molecular flexibility index (Phi) is 8.01. The second-order valence-corrected chi connectivity index (χ2v) is 19.2. The van der Waals surface area contributed by atoms with Gasteiger partial charge in [0.1, 0.15) is 6.61 Å². The van der Waals surface area contributed by atoms with E-state index >= 15 is 0 Å². The van der Waals surface area contributed by atoms with Gasteiger partial charge in [-0.1, -0.05) is 34.6 Å². The summed E-state index contributed by atoms with van der Waals surface area (Å²) in [6.45, 7) is 19.0. The molecule has 0 N–H and O–H groups in total. The highest BCUT2D eigenvalue weighted by molar-refractivity contribution is 5.72. The van der Waals surface area contributed by atoms with Crippen molar-refractivity contribution in [2.75, 3.05) is 52.7 Å². The van der Waals surface area contributed by atoms with Crippen molar-refractivity contribution >= 4 is 5.97 Å². The molecule has 4 saturated heterocycles. The van der Waals surface area contributed by atoms with Gasteiger partial charge >= 0.3 is 5.97 Å². The topological polar surface area (TPSA) is 75.7 Å². The predicted molar refractivity (Wildman–Crippen MR) is 180 cm³/mol. The molecule has 0 aromatic carbocycles. The zero-order valence-corrected chi connectivity index (χ0v) is 30.5. The van der Waals surface area contributed by atoms with Gasteiger partial charge in [0.25, 0.3) is 0 Å². The molecule has 0 radical (unpaired) electrons. The van der Waals surface area contributed by atoms with Crippen LogP contribution in [0.25, 0.3) is 0 Å². The Balaban J connectivity index is 0.883. The van der Waals surface area contributed by atoms with Crippen LogP contribution in [0.4, 0.5) is 0 Å². The van der Waals surface area contributed by atoms with Crippen molar-refractivity contribution in [1.82, 2.24) is 4.90 Å². The summed E-state index contributed by atoms with van der Waals surface area (Å²) in [7, 11) is 0. The van der Waals surface area contributed by atoms with Crippen molar-refractivity contribution in [3.05, 3.63) is 0 Å². The first-order valence-corrected chi connectivity index (χ1v) is 20.0. The molecule has 4 heterocycles. The molecular formula is C40H63NO7. The normalized spacial score (nSPS) is 51.8. The van der Waals surface area contributed by atoms with E-state index in [1.165, 1.54) is 44.9 Å². The molecule has 9 rings (SSSR count).